The molecule has 0 spiro atoms. The molecule has 0 radical (unpaired) electrons. The predicted molar refractivity (Wildman–Crippen MR) is 91.6 cm³/mol. The van der Waals surface area contributed by atoms with Crippen LogP contribution in [0.4, 0.5) is 0 Å². The summed E-state index contributed by atoms with van der Waals surface area (Å²) in [6.07, 6.45) is 2.38. The van der Waals surface area contributed by atoms with E-state index in [1.165, 1.54) is 11.8 Å². The third-order valence-corrected chi connectivity index (χ3v) is 5.16. The van der Waals surface area contributed by atoms with Gasteiger partial charge in [-0.05, 0) is 30.1 Å². The molecule has 1 aliphatic carbocycles. The molecule has 0 bridgehead atoms. The standard InChI is InChI=1S/C17H12O3S2/c1-9-11(7-8-12-13(9)15(18)17(21)22-12)14(16(19)20)10-5-3-2-4-6-10/h2-6,8H,7H2,1H3,(H,19,20). The number of thioether (sulfide) groups is 1. The number of aliphatic carboxylic acids is 1. The van der Waals surface area contributed by atoms with Crippen molar-refractivity contribution in [1.82, 2.24) is 0 Å². The summed E-state index contributed by atoms with van der Waals surface area (Å²) in [6, 6.07) is 8.98. The van der Waals surface area contributed by atoms with Gasteiger partial charge in [-0.1, -0.05) is 60.4 Å². The average molecular weight is 328 g/mol. The molecule has 1 aliphatic heterocycles. The fraction of sp³-hybridized carbons (Fsp3) is 0.118. The van der Waals surface area contributed by atoms with Crippen molar-refractivity contribution in [2.75, 3.05) is 0 Å². The summed E-state index contributed by atoms with van der Waals surface area (Å²) in [5.41, 5.74) is 2.84. The van der Waals surface area contributed by atoms with E-state index in [9.17, 15) is 14.7 Å². The molecule has 3 rings (SSSR count). The Hall–Kier alpha value is -1.98. The second-order valence-corrected chi connectivity index (χ2v) is 6.73. The first-order valence-electron chi connectivity index (χ1n) is 6.71. The molecule has 1 fully saturated rings. The number of carbonyl (C=O) groups excluding carboxylic acids is 1. The Labute approximate surface area is 137 Å². The van der Waals surface area contributed by atoms with E-state index in [2.05, 4.69) is 0 Å². The Bertz CT molecular complexity index is 798. The molecular weight excluding hydrogens is 316 g/mol. The van der Waals surface area contributed by atoms with Crippen LogP contribution < -0.4 is 0 Å². The number of fused-ring (bicyclic) bond motifs is 1. The summed E-state index contributed by atoms with van der Waals surface area (Å²) in [5.74, 6) is -1.16. The van der Waals surface area contributed by atoms with Crippen LogP contribution in [0.1, 0.15) is 18.9 Å². The summed E-state index contributed by atoms with van der Waals surface area (Å²) >= 11 is 6.36. The summed E-state index contributed by atoms with van der Waals surface area (Å²) in [5, 5.41) is 9.64. The fourth-order valence-corrected chi connectivity index (χ4v) is 4.01. The van der Waals surface area contributed by atoms with Crippen molar-refractivity contribution in [2.24, 2.45) is 0 Å². The molecule has 1 aromatic carbocycles. The van der Waals surface area contributed by atoms with Gasteiger partial charge in [-0.15, -0.1) is 0 Å². The van der Waals surface area contributed by atoms with E-state index in [4.69, 9.17) is 12.2 Å². The molecule has 0 amide bonds. The molecule has 1 heterocycles. The van der Waals surface area contributed by atoms with Crippen molar-refractivity contribution in [1.29, 1.82) is 0 Å². The van der Waals surface area contributed by atoms with Gasteiger partial charge in [0.2, 0.25) is 5.78 Å². The van der Waals surface area contributed by atoms with Crippen molar-refractivity contribution >= 4 is 45.5 Å². The number of ketones is 1. The minimum absolute atomic E-state index is 0.168. The van der Waals surface area contributed by atoms with E-state index in [1.54, 1.807) is 31.2 Å². The first kappa shape index (κ1) is 14.9. The molecule has 3 nitrogen and oxygen atoms in total. The second-order valence-electron chi connectivity index (χ2n) is 5.02. The molecule has 0 aromatic heterocycles. The van der Waals surface area contributed by atoms with E-state index in [0.717, 1.165) is 10.5 Å². The number of carboxylic acid groups (broad SMARTS) is 1. The van der Waals surface area contributed by atoms with Gasteiger partial charge in [-0.3, -0.25) is 4.79 Å². The number of Topliss-reactive ketones (excluding diaryl/α,β-unsaturated/α-hetero) is 1. The first-order chi connectivity index (χ1) is 10.5. The van der Waals surface area contributed by atoms with Crippen LogP contribution in [0.2, 0.25) is 0 Å². The zero-order valence-corrected chi connectivity index (χ0v) is 13.4. The van der Waals surface area contributed by atoms with Crippen molar-refractivity contribution in [2.45, 2.75) is 13.3 Å². The summed E-state index contributed by atoms with van der Waals surface area (Å²) in [4.78, 5) is 24.8. The lowest BCUT2D eigenvalue weighted by Crippen LogP contribution is -2.11. The topological polar surface area (TPSA) is 54.4 Å². The van der Waals surface area contributed by atoms with Gasteiger partial charge < -0.3 is 5.11 Å². The third kappa shape index (κ3) is 2.36. The molecule has 0 saturated carbocycles. The molecular formula is C17H12O3S2. The molecule has 1 saturated heterocycles. The van der Waals surface area contributed by atoms with Crippen LogP contribution in [0.3, 0.4) is 0 Å². The largest absolute Gasteiger partial charge is 0.478 e. The van der Waals surface area contributed by atoms with E-state index >= 15 is 0 Å². The van der Waals surface area contributed by atoms with Crippen LogP contribution >= 0.6 is 24.0 Å². The number of rotatable bonds is 2. The lowest BCUT2D eigenvalue weighted by Gasteiger charge is -2.18. The monoisotopic (exact) mass is 328 g/mol. The predicted octanol–water partition coefficient (Wildman–Crippen LogP) is 3.77. The molecule has 5 heteroatoms. The number of hydrogen-bond donors (Lipinski definition) is 1. The highest BCUT2D eigenvalue weighted by Gasteiger charge is 2.34. The van der Waals surface area contributed by atoms with Crippen LogP contribution in [0.25, 0.3) is 5.57 Å². The number of carboxylic acids is 1. The highest BCUT2D eigenvalue weighted by atomic mass is 32.2. The van der Waals surface area contributed by atoms with E-state index in [0.29, 0.717) is 27.3 Å². The smallest absolute Gasteiger partial charge is 0.336 e. The summed E-state index contributed by atoms with van der Waals surface area (Å²) in [7, 11) is 0. The zero-order chi connectivity index (χ0) is 15.9. The maximum atomic E-state index is 12.2. The van der Waals surface area contributed by atoms with Crippen molar-refractivity contribution in [3.8, 4) is 0 Å². The molecule has 22 heavy (non-hydrogen) atoms. The van der Waals surface area contributed by atoms with Crippen LogP contribution in [-0.2, 0) is 9.59 Å². The third-order valence-electron chi connectivity index (χ3n) is 3.76. The Balaban J connectivity index is 2.23. The summed E-state index contributed by atoms with van der Waals surface area (Å²) in [6.45, 7) is 1.80. The highest BCUT2D eigenvalue weighted by Crippen LogP contribution is 2.44. The van der Waals surface area contributed by atoms with Gasteiger partial charge in [0.25, 0.3) is 0 Å². The number of benzene rings is 1. The fourth-order valence-electron chi connectivity index (χ4n) is 2.73. The lowest BCUT2D eigenvalue weighted by molar-refractivity contribution is -0.130. The number of allylic oxidation sites excluding steroid dienone is 4. The Morgan fingerprint density at radius 3 is 2.59 bits per heavy atom. The molecule has 1 aromatic rings. The maximum absolute atomic E-state index is 12.2. The quantitative estimate of drug-likeness (QED) is 0.661. The molecule has 2 aliphatic rings. The number of carbonyl (C=O) groups is 2. The molecule has 1 N–H and O–H groups in total. The Morgan fingerprint density at radius 1 is 1.27 bits per heavy atom. The van der Waals surface area contributed by atoms with Crippen molar-refractivity contribution in [3.63, 3.8) is 0 Å². The van der Waals surface area contributed by atoms with Crippen LogP contribution in [0.15, 0.2) is 58.0 Å². The van der Waals surface area contributed by atoms with Gasteiger partial charge in [0.1, 0.15) is 4.20 Å². The van der Waals surface area contributed by atoms with Crippen LogP contribution in [-0.4, -0.2) is 21.1 Å². The van der Waals surface area contributed by atoms with E-state index in [1.807, 2.05) is 12.1 Å². The average Bonchev–Trinajstić information content (AvgIpc) is 2.78. The van der Waals surface area contributed by atoms with Gasteiger partial charge in [0, 0.05) is 10.5 Å². The van der Waals surface area contributed by atoms with Gasteiger partial charge in [-0.25, -0.2) is 4.79 Å². The normalized spacial score (nSPS) is 20.0. The van der Waals surface area contributed by atoms with Gasteiger partial charge in [0.05, 0.1) is 5.57 Å². The molecule has 0 atom stereocenters. The van der Waals surface area contributed by atoms with E-state index in [-0.39, 0.29) is 11.4 Å². The van der Waals surface area contributed by atoms with Crippen LogP contribution in [0, 0.1) is 0 Å². The minimum atomic E-state index is -0.987. The Kier molecular flexibility index (Phi) is 3.85. The van der Waals surface area contributed by atoms with Crippen molar-refractivity contribution in [3.05, 3.63) is 63.6 Å². The van der Waals surface area contributed by atoms with Gasteiger partial charge in [0.15, 0.2) is 0 Å². The number of hydrogen-bond acceptors (Lipinski definition) is 4. The first-order valence-corrected chi connectivity index (χ1v) is 7.93. The maximum Gasteiger partial charge on any atom is 0.336 e. The Morgan fingerprint density at radius 2 is 1.95 bits per heavy atom. The number of thiocarbonyl (C=S) groups is 1. The molecule has 0 unspecified atom stereocenters. The summed E-state index contributed by atoms with van der Waals surface area (Å²) < 4.78 is 0.332. The lowest BCUT2D eigenvalue weighted by atomic mass is 9.86. The zero-order valence-electron chi connectivity index (χ0n) is 11.8. The van der Waals surface area contributed by atoms with E-state index < -0.39 is 5.97 Å². The van der Waals surface area contributed by atoms with Gasteiger partial charge in [-0.2, -0.15) is 0 Å². The van der Waals surface area contributed by atoms with Crippen molar-refractivity contribution < 1.29 is 14.7 Å². The van der Waals surface area contributed by atoms with Crippen LogP contribution in [0.5, 0.6) is 0 Å². The highest BCUT2D eigenvalue weighted by molar-refractivity contribution is 8.28. The van der Waals surface area contributed by atoms with Gasteiger partial charge >= 0.3 is 5.97 Å². The second kappa shape index (κ2) is 5.66. The minimum Gasteiger partial charge on any atom is -0.478 e. The SMILES string of the molecule is CC1=C2C(=O)C(=S)SC2=CCC1=C(C(=O)O)c1ccccc1. The molecule has 110 valence electrons.